The van der Waals surface area contributed by atoms with Crippen LogP contribution in [0.2, 0.25) is 0 Å². The van der Waals surface area contributed by atoms with E-state index >= 15 is 0 Å². The van der Waals surface area contributed by atoms with Crippen molar-refractivity contribution in [3.8, 4) is 0 Å². The van der Waals surface area contributed by atoms with Gasteiger partial charge >= 0.3 is 0 Å². The van der Waals surface area contributed by atoms with Crippen LogP contribution >= 0.6 is 0 Å². The number of benzene rings is 1. The Bertz CT molecular complexity index is 946. The molecule has 8 heteroatoms. The summed E-state index contributed by atoms with van der Waals surface area (Å²) < 4.78 is 0. The van der Waals surface area contributed by atoms with Crippen LogP contribution < -0.4 is 16.4 Å². The second-order valence-corrected chi connectivity index (χ2v) is 8.11. The predicted molar refractivity (Wildman–Crippen MR) is 117 cm³/mol. The van der Waals surface area contributed by atoms with E-state index in [1.807, 2.05) is 18.2 Å². The lowest BCUT2D eigenvalue weighted by atomic mass is 9.91. The van der Waals surface area contributed by atoms with Crippen LogP contribution in [0.4, 0.5) is 0 Å². The molecule has 2 amide bonds. The predicted octanol–water partition coefficient (Wildman–Crippen LogP) is 1.12. The Balaban J connectivity index is 1.39. The van der Waals surface area contributed by atoms with Crippen LogP contribution in [0.3, 0.4) is 0 Å². The van der Waals surface area contributed by atoms with Crippen LogP contribution in [0, 0.1) is 5.41 Å². The summed E-state index contributed by atoms with van der Waals surface area (Å²) in [6.45, 7) is 1.71. The van der Waals surface area contributed by atoms with Crippen LogP contribution in [0.5, 0.6) is 0 Å². The van der Waals surface area contributed by atoms with Gasteiger partial charge in [0.15, 0.2) is 0 Å². The van der Waals surface area contributed by atoms with Crippen LogP contribution in [0.25, 0.3) is 0 Å². The van der Waals surface area contributed by atoms with Gasteiger partial charge in [0.05, 0.1) is 6.04 Å². The maximum Gasteiger partial charge on any atom is 0.243 e. The van der Waals surface area contributed by atoms with E-state index in [1.54, 1.807) is 23.2 Å². The molecule has 0 radical (unpaired) electrons. The van der Waals surface area contributed by atoms with E-state index in [1.165, 1.54) is 0 Å². The molecule has 2 fully saturated rings. The highest BCUT2D eigenvalue weighted by atomic mass is 16.2. The molecule has 0 saturated carbocycles. The molecule has 2 aromatic rings. The van der Waals surface area contributed by atoms with Gasteiger partial charge in [0.25, 0.3) is 0 Å². The Morgan fingerprint density at radius 1 is 1.19 bits per heavy atom. The van der Waals surface area contributed by atoms with Crippen molar-refractivity contribution in [2.45, 2.75) is 43.8 Å². The van der Waals surface area contributed by atoms with Crippen molar-refractivity contribution in [1.29, 1.82) is 5.41 Å². The Morgan fingerprint density at radius 2 is 2.00 bits per heavy atom. The second-order valence-electron chi connectivity index (χ2n) is 8.11. The topological polar surface area (TPSA) is 124 Å². The van der Waals surface area contributed by atoms with E-state index in [0.29, 0.717) is 25.2 Å². The standard InChI is InChI=1S/C23H28N6O2/c24-21(25)18-9-8-15(13-27-18)14-28-22(30)19-7-4-12-29(19)23(31)20-17(10-11-26-20)16-5-2-1-3-6-16/h1-3,5-6,8-9,13,17,19-20,26H,4,7,10-12,14H2,(H3,24,25)(H,28,30)/t17?,19-,20-/m0/s1. The number of nitrogens with zero attached hydrogens (tertiary/aromatic N) is 2. The first kappa shape index (κ1) is 21.0. The second kappa shape index (κ2) is 9.26. The Hall–Kier alpha value is -3.26. The quantitative estimate of drug-likeness (QED) is 0.412. The molecular weight excluding hydrogens is 392 g/mol. The minimum atomic E-state index is -0.448. The normalized spacial score (nSPS) is 23.0. The van der Waals surface area contributed by atoms with E-state index in [9.17, 15) is 9.59 Å². The number of amides is 2. The van der Waals surface area contributed by atoms with Crippen molar-refractivity contribution < 1.29 is 9.59 Å². The summed E-state index contributed by atoms with van der Waals surface area (Å²) in [5.74, 6) is -0.0962. The summed E-state index contributed by atoms with van der Waals surface area (Å²) >= 11 is 0. The number of aromatic nitrogens is 1. The van der Waals surface area contributed by atoms with Crippen molar-refractivity contribution in [2.75, 3.05) is 13.1 Å². The van der Waals surface area contributed by atoms with Crippen molar-refractivity contribution >= 4 is 17.6 Å². The molecule has 31 heavy (non-hydrogen) atoms. The highest BCUT2D eigenvalue weighted by molar-refractivity contribution is 5.93. The lowest BCUT2D eigenvalue weighted by molar-refractivity contribution is -0.140. The molecule has 2 aliphatic heterocycles. The molecule has 2 saturated heterocycles. The van der Waals surface area contributed by atoms with Gasteiger partial charge in [-0.25, -0.2) is 0 Å². The summed E-state index contributed by atoms with van der Waals surface area (Å²) in [4.78, 5) is 32.1. The van der Waals surface area contributed by atoms with E-state index in [-0.39, 0.29) is 29.6 Å². The number of hydrogen-bond donors (Lipinski definition) is 4. The number of likely N-dealkylation sites (tertiary alicyclic amines) is 1. The number of rotatable bonds is 6. The number of nitrogens with one attached hydrogen (secondary N) is 3. The summed E-state index contributed by atoms with van der Waals surface area (Å²) in [6, 6.07) is 12.8. The van der Waals surface area contributed by atoms with Gasteiger partial charge in [-0.3, -0.25) is 20.0 Å². The molecule has 0 bridgehead atoms. The van der Waals surface area contributed by atoms with Crippen molar-refractivity contribution in [1.82, 2.24) is 20.5 Å². The molecule has 3 atom stereocenters. The highest BCUT2D eigenvalue weighted by Crippen LogP contribution is 2.30. The number of pyridine rings is 1. The number of nitrogens with two attached hydrogens (primary N) is 1. The molecule has 4 rings (SSSR count). The lowest BCUT2D eigenvalue weighted by Crippen LogP contribution is -2.52. The lowest BCUT2D eigenvalue weighted by Gasteiger charge is -2.29. The first-order valence-electron chi connectivity index (χ1n) is 10.7. The van der Waals surface area contributed by atoms with Gasteiger partial charge in [-0.2, -0.15) is 0 Å². The molecule has 1 unspecified atom stereocenters. The number of carbonyl (C=O) groups excluding carboxylic acids is 2. The largest absolute Gasteiger partial charge is 0.382 e. The number of amidine groups is 1. The van der Waals surface area contributed by atoms with Gasteiger partial charge in [0.1, 0.15) is 17.6 Å². The SMILES string of the molecule is N=C(N)c1ccc(CNC(=O)[C@@H]2CCCN2C(=O)[C@H]2NCCC2c2ccccc2)cn1. The van der Waals surface area contributed by atoms with Gasteiger partial charge in [0.2, 0.25) is 11.8 Å². The van der Waals surface area contributed by atoms with Gasteiger partial charge in [-0.15, -0.1) is 0 Å². The fraction of sp³-hybridized carbons (Fsp3) is 0.391. The zero-order valence-electron chi connectivity index (χ0n) is 17.4. The average Bonchev–Trinajstić information content (AvgIpc) is 3.48. The number of carbonyl (C=O) groups is 2. The minimum Gasteiger partial charge on any atom is -0.382 e. The van der Waals surface area contributed by atoms with E-state index in [0.717, 1.165) is 30.5 Å². The molecule has 3 heterocycles. The van der Waals surface area contributed by atoms with E-state index in [4.69, 9.17) is 11.1 Å². The smallest absolute Gasteiger partial charge is 0.243 e. The molecule has 5 N–H and O–H groups in total. The number of nitrogen functional groups attached to an aromatic ring is 1. The first-order valence-corrected chi connectivity index (χ1v) is 10.7. The summed E-state index contributed by atoms with van der Waals surface area (Å²) in [5, 5.41) is 13.7. The van der Waals surface area contributed by atoms with Crippen LogP contribution in [0.1, 0.15) is 42.0 Å². The third kappa shape index (κ3) is 4.59. The molecule has 2 aliphatic rings. The zero-order chi connectivity index (χ0) is 21.8. The molecule has 8 nitrogen and oxygen atoms in total. The van der Waals surface area contributed by atoms with Crippen molar-refractivity contribution in [2.24, 2.45) is 5.73 Å². The summed E-state index contributed by atoms with van der Waals surface area (Å²) in [7, 11) is 0. The van der Waals surface area contributed by atoms with Gasteiger partial charge in [0, 0.05) is 25.2 Å². The molecule has 162 valence electrons. The average molecular weight is 421 g/mol. The molecule has 1 aromatic heterocycles. The van der Waals surface area contributed by atoms with Gasteiger partial charge < -0.3 is 21.3 Å². The van der Waals surface area contributed by atoms with E-state index < -0.39 is 6.04 Å². The van der Waals surface area contributed by atoms with Gasteiger partial charge in [-0.05, 0) is 43.0 Å². The summed E-state index contributed by atoms with van der Waals surface area (Å²) in [5.41, 5.74) is 7.80. The number of hydrogen-bond acceptors (Lipinski definition) is 5. The molecule has 1 aromatic carbocycles. The zero-order valence-corrected chi connectivity index (χ0v) is 17.4. The molecular formula is C23H28N6O2. The van der Waals surface area contributed by atoms with Crippen LogP contribution in [-0.4, -0.2) is 52.7 Å². The van der Waals surface area contributed by atoms with Gasteiger partial charge in [-0.1, -0.05) is 36.4 Å². The Labute approximate surface area is 181 Å². The molecule has 0 spiro atoms. The van der Waals surface area contributed by atoms with Crippen molar-refractivity contribution in [3.05, 3.63) is 65.5 Å². The Kier molecular flexibility index (Phi) is 6.27. The van der Waals surface area contributed by atoms with Crippen LogP contribution in [-0.2, 0) is 16.1 Å². The first-order chi connectivity index (χ1) is 15.0. The Morgan fingerprint density at radius 3 is 2.71 bits per heavy atom. The summed E-state index contributed by atoms with van der Waals surface area (Å²) in [6.07, 6.45) is 4.00. The maximum atomic E-state index is 13.4. The fourth-order valence-electron chi connectivity index (χ4n) is 4.50. The third-order valence-corrected chi connectivity index (χ3v) is 6.12. The van der Waals surface area contributed by atoms with Crippen LogP contribution in [0.15, 0.2) is 48.7 Å². The monoisotopic (exact) mass is 420 g/mol. The molecule has 0 aliphatic carbocycles. The fourth-order valence-corrected chi connectivity index (χ4v) is 4.50. The van der Waals surface area contributed by atoms with E-state index in [2.05, 4.69) is 27.8 Å². The maximum absolute atomic E-state index is 13.4. The van der Waals surface area contributed by atoms with Crippen molar-refractivity contribution in [3.63, 3.8) is 0 Å². The third-order valence-electron chi connectivity index (χ3n) is 6.12. The minimum absolute atomic E-state index is 0.0106. The highest BCUT2D eigenvalue weighted by Gasteiger charge is 2.41.